The van der Waals surface area contributed by atoms with E-state index in [0.29, 0.717) is 5.92 Å². The van der Waals surface area contributed by atoms with Gasteiger partial charge < -0.3 is 5.11 Å². The molecule has 6 heteroatoms. The lowest BCUT2D eigenvalue weighted by molar-refractivity contribution is 0.275. The summed E-state index contributed by atoms with van der Waals surface area (Å²) < 4.78 is 41.3. The van der Waals surface area contributed by atoms with Crippen molar-refractivity contribution in [2.75, 3.05) is 0 Å². The summed E-state index contributed by atoms with van der Waals surface area (Å²) in [7, 11) is -3.70. The van der Waals surface area contributed by atoms with E-state index in [1.165, 1.54) is 19.1 Å². The van der Waals surface area contributed by atoms with Crippen LogP contribution in [0.15, 0.2) is 17.0 Å². The lowest BCUT2D eigenvalue weighted by atomic mass is 9.98. The third-order valence-corrected chi connectivity index (χ3v) is 6.03. The zero-order valence-electron chi connectivity index (χ0n) is 12.6. The van der Waals surface area contributed by atoms with Crippen LogP contribution in [0.25, 0.3) is 0 Å². The van der Waals surface area contributed by atoms with Crippen molar-refractivity contribution in [1.29, 1.82) is 0 Å². The lowest BCUT2D eigenvalue weighted by Crippen LogP contribution is -2.37. The molecule has 1 aromatic rings. The van der Waals surface area contributed by atoms with Gasteiger partial charge in [0, 0.05) is 11.6 Å². The molecule has 3 unspecified atom stereocenters. The minimum atomic E-state index is -3.70. The van der Waals surface area contributed by atoms with Crippen LogP contribution in [0, 0.1) is 24.6 Å². The van der Waals surface area contributed by atoms with Gasteiger partial charge in [-0.15, -0.1) is 0 Å². The number of aryl methyl sites for hydroxylation is 1. The number of benzene rings is 1. The number of hydrogen-bond acceptors (Lipinski definition) is 3. The molecule has 2 rings (SSSR count). The summed E-state index contributed by atoms with van der Waals surface area (Å²) in [6, 6.07) is 2.42. The molecule has 3 atom stereocenters. The minimum Gasteiger partial charge on any atom is -0.392 e. The number of aliphatic hydroxyl groups is 1. The molecule has 4 nitrogen and oxygen atoms in total. The van der Waals surface area contributed by atoms with Crippen molar-refractivity contribution in [3.8, 4) is 0 Å². The van der Waals surface area contributed by atoms with Crippen molar-refractivity contribution in [3.63, 3.8) is 0 Å². The number of aliphatic hydroxyl groups excluding tert-OH is 1. The first-order chi connectivity index (χ1) is 9.76. The highest BCUT2D eigenvalue weighted by molar-refractivity contribution is 7.89. The van der Waals surface area contributed by atoms with Crippen LogP contribution in [0.4, 0.5) is 4.39 Å². The molecule has 0 bridgehead atoms. The Bertz CT molecular complexity index is 630. The van der Waals surface area contributed by atoms with E-state index in [9.17, 15) is 12.8 Å². The summed E-state index contributed by atoms with van der Waals surface area (Å²) in [5, 5.41) is 9.14. The first-order valence-corrected chi connectivity index (χ1v) is 8.66. The number of halogens is 1. The Morgan fingerprint density at radius 3 is 2.52 bits per heavy atom. The van der Waals surface area contributed by atoms with Gasteiger partial charge >= 0.3 is 0 Å². The average Bonchev–Trinajstić information content (AvgIpc) is 2.73. The Hall–Kier alpha value is -0.980. The van der Waals surface area contributed by atoms with Crippen LogP contribution in [0.5, 0.6) is 0 Å². The molecule has 1 saturated carbocycles. The summed E-state index contributed by atoms with van der Waals surface area (Å²) >= 11 is 0. The highest BCUT2D eigenvalue weighted by Gasteiger charge is 2.33. The molecule has 0 radical (unpaired) electrons. The maximum atomic E-state index is 13.7. The molecular weight excluding hydrogens is 293 g/mol. The average molecular weight is 315 g/mol. The number of hydrogen-bond donors (Lipinski definition) is 2. The Balaban J connectivity index is 2.30. The third kappa shape index (κ3) is 3.27. The van der Waals surface area contributed by atoms with Crippen molar-refractivity contribution < 1.29 is 17.9 Å². The van der Waals surface area contributed by atoms with Crippen molar-refractivity contribution >= 4 is 10.0 Å². The van der Waals surface area contributed by atoms with Crippen LogP contribution in [0.3, 0.4) is 0 Å². The van der Waals surface area contributed by atoms with Gasteiger partial charge in [0.15, 0.2) is 0 Å². The molecule has 2 N–H and O–H groups in total. The van der Waals surface area contributed by atoms with Crippen LogP contribution < -0.4 is 4.72 Å². The van der Waals surface area contributed by atoms with Crippen LogP contribution >= 0.6 is 0 Å². The standard InChI is InChI=1S/C15H22FNO3S/c1-9-4-5-14(11(9)3)17-21(19,20)13-6-10(2)15(16)12(7-13)8-18/h6-7,9,11,14,17-18H,4-5,8H2,1-3H3. The second-order valence-corrected chi connectivity index (χ2v) is 7.73. The van der Waals surface area contributed by atoms with Gasteiger partial charge in [0.1, 0.15) is 5.82 Å². The predicted octanol–water partition coefficient (Wildman–Crippen LogP) is 2.34. The van der Waals surface area contributed by atoms with E-state index in [0.717, 1.165) is 12.8 Å². The first-order valence-electron chi connectivity index (χ1n) is 7.18. The lowest BCUT2D eigenvalue weighted by Gasteiger charge is -2.20. The first kappa shape index (κ1) is 16.4. The van der Waals surface area contributed by atoms with Crippen molar-refractivity contribution in [2.45, 2.75) is 51.2 Å². The van der Waals surface area contributed by atoms with E-state index in [1.54, 1.807) is 0 Å². The predicted molar refractivity (Wildman–Crippen MR) is 78.7 cm³/mol. The van der Waals surface area contributed by atoms with Crippen molar-refractivity contribution in [3.05, 3.63) is 29.1 Å². The Morgan fingerprint density at radius 1 is 1.33 bits per heavy atom. The maximum absolute atomic E-state index is 13.7. The molecular formula is C15H22FNO3S. The van der Waals surface area contributed by atoms with Crippen molar-refractivity contribution in [2.24, 2.45) is 11.8 Å². The molecule has 118 valence electrons. The summed E-state index contributed by atoms with van der Waals surface area (Å²) in [6.07, 6.45) is 1.81. The fourth-order valence-electron chi connectivity index (χ4n) is 2.88. The Labute approximate surface area is 125 Å². The van der Waals surface area contributed by atoms with Gasteiger partial charge in [0.05, 0.1) is 11.5 Å². The van der Waals surface area contributed by atoms with E-state index in [4.69, 9.17) is 5.11 Å². The van der Waals surface area contributed by atoms with Gasteiger partial charge in [-0.2, -0.15) is 0 Å². The monoisotopic (exact) mass is 315 g/mol. The molecule has 1 aliphatic rings. The van der Waals surface area contributed by atoms with Crippen LogP contribution in [-0.4, -0.2) is 19.6 Å². The zero-order chi connectivity index (χ0) is 15.8. The molecule has 0 spiro atoms. The molecule has 0 aromatic heterocycles. The highest BCUT2D eigenvalue weighted by atomic mass is 32.2. The quantitative estimate of drug-likeness (QED) is 0.896. The molecule has 1 aliphatic carbocycles. The van der Waals surface area contributed by atoms with Crippen LogP contribution in [0.2, 0.25) is 0 Å². The number of rotatable bonds is 4. The highest BCUT2D eigenvalue weighted by Crippen LogP contribution is 2.32. The second-order valence-electron chi connectivity index (χ2n) is 6.01. The van der Waals surface area contributed by atoms with Crippen molar-refractivity contribution in [1.82, 2.24) is 4.72 Å². The van der Waals surface area contributed by atoms with E-state index in [2.05, 4.69) is 11.6 Å². The smallest absolute Gasteiger partial charge is 0.240 e. The maximum Gasteiger partial charge on any atom is 0.240 e. The second kappa shape index (κ2) is 6.02. The summed E-state index contributed by atoms with van der Waals surface area (Å²) in [5.41, 5.74) is 0.220. The normalized spacial score (nSPS) is 26.2. The molecule has 1 fully saturated rings. The molecule has 0 saturated heterocycles. The van der Waals surface area contributed by atoms with Gasteiger partial charge in [-0.25, -0.2) is 17.5 Å². The summed E-state index contributed by atoms with van der Waals surface area (Å²) in [6.45, 7) is 5.13. The Kier molecular flexibility index (Phi) is 4.70. The molecule has 0 heterocycles. The van der Waals surface area contributed by atoms with Gasteiger partial charge in [-0.1, -0.05) is 13.8 Å². The summed E-state index contributed by atoms with van der Waals surface area (Å²) in [5.74, 6) is 0.207. The Morgan fingerprint density at radius 2 is 2.00 bits per heavy atom. The van der Waals surface area contributed by atoms with E-state index in [1.807, 2.05) is 6.92 Å². The molecule has 0 amide bonds. The van der Waals surface area contributed by atoms with E-state index in [-0.39, 0.29) is 28.0 Å². The van der Waals surface area contributed by atoms with Gasteiger partial charge in [-0.05, 0) is 49.3 Å². The van der Waals surface area contributed by atoms with Gasteiger partial charge in [0.2, 0.25) is 10.0 Å². The zero-order valence-corrected chi connectivity index (χ0v) is 13.4. The van der Waals surface area contributed by atoms with Crippen LogP contribution in [-0.2, 0) is 16.6 Å². The number of nitrogens with one attached hydrogen (secondary N) is 1. The number of sulfonamides is 1. The van der Waals surface area contributed by atoms with Crippen LogP contribution in [0.1, 0.15) is 37.8 Å². The third-order valence-electron chi connectivity index (χ3n) is 4.56. The van der Waals surface area contributed by atoms with E-state index >= 15 is 0 Å². The summed E-state index contributed by atoms with van der Waals surface area (Å²) in [4.78, 5) is 0.0113. The van der Waals surface area contributed by atoms with Gasteiger partial charge in [0.25, 0.3) is 0 Å². The van der Waals surface area contributed by atoms with Gasteiger partial charge in [-0.3, -0.25) is 0 Å². The van der Waals surface area contributed by atoms with E-state index < -0.39 is 22.4 Å². The molecule has 21 heavy (non-hydrogen) atoms. The topological polar surface area (TPSA) is 66.4 Å². The molecule has 0 aliphatic heterocycles. The fraction of sp³-hybridized carbons (Fsp3) is 0.600. The SMILES string of the molecule is Cc1cc(S(=O)(=O)NC2CCC(C)C2C)cc(CO)c1F. The minimum absolute atomic E-state index is 0.00298. The largest absolute Gasteiger partial charge is 0.392 e. The molecule has 1 aromatic carbocycles. The fourth-order valence-corrected chi connectivity index (χ4v) is 4.37.